The Morgan fingerprint density at radius 1 is 1.26 bits per heavy atom. The Kier molecular flexibility index (Phi) is 8.28. The van der Waals surface area contributed by atoms with Crippen LogP contribution in [0.5, 0.6) is 0 Å². The molecule has 0 saturated carbocycles. The molecule has 0 radical (unpaired) electrons. The normalized spacial score (nSPS) is 11.4. The highest BCUT2D eigenvalue weighted by atomic mass is 16.5. The molecule has 0 aliphatic rings. The largest absolute Gasteiger partial charge is 0.382 e. The summed E-state index contributed by atoms with van der Waals surface area (Å²) in [6, 6.07) is 0. The lowest BCUT2D eigenvalue weighted by molar-refractivity contribution is 0.0675. The Hall–Kier alpha value is -1.05. The molecule has 0 amide bonds. The summed E-state index contributed by atoms with van der Waals surface area (Å²) in [6.07, 6.45) is 0.895. The molecule has 7 heteroatoms. The van der Waals surface area contributed by atoms with Crippen LogP contribution >= 0.6 is 0 Å². The number of methoxy groups -OCH3 is 1. The van der Waals surface area contributed by atoms with Crippen LogP contribution in [-0.2, 0) is 22.6 Å². The van der Waals surface area contributed by atoms with Crippen molar-refractivity contribution in [2.75, 3.05) is 33.5 Å². The van der Waals surface area contributed by atoms with Crippen molar-refractivity contribution in [3.8, 4) is 0 Å². The molecule has 1 aromatic heterocycles. The van der Waals surface area contributed by atoms with E-state index in [-0.39, 0.29) is 0 Å². The van der Waals surface area contributed by atoms with Crippen molar-refractivity contribution < 1.29 is 9.47 Å². The number of nitrogens with one attached hydrogen (secondary N) is 1. The first-order valence-electron chi connectivity index (χ1n) is 6.76. The van der Waals surface area contributed by atoms with Crippen molar-refractivity contribution in [3.05, 3.63) is 5.82 Å². The van der Waals surface area contributed by atoms with Crippen LogP contribution in [0.15, 0.2) is 0 Å². The highest BCUT2D eigenvalue weighted by molar-refractivity contribution is 4.79. The third kappa shape index (κ3) is 7.19. The molecule has 0 aliphatic carbocycles. The number of aromatic nitrogens is 4. The van der Waals surface area contributed by atoms with Gasteiger partial charge in [-0.3, -0.25) is 0 Å². The molecule has 0 fully saturated rings. The first kappa shape index (κ1) is 16.0. The van der Waals surface area contributed by atoms with Gasteiger partial charge in [0.1, 0.15) is 0 Å². The minimum atomic E-state index is 0.624. The van der Waals surface area contributed by atoms with Gasteiger partial charge in [-0.15, -0.1) is 5.10 Å². The predicted octanol–water partition coefficient (Wildman–Crippen LogP) is 0.472. The van der Waals surface area contributed by atoms with Crippen LogP contribution in [0.4, 0.5) is 0 Å². The summed E-state index contributed by atoms with van der Waals surface area (Å²) in [6.45, 7) is 8.76. The van der Waals surface area contributed by atoms with Crippen molar-refractivity contribution in [2.45, 2.75) is 33.4 Å². The number of rotatable bonds is 11. The zero-order chi connectivity index (χ0) is 13.9. The average Bonchev–Trinajstić information content (AvgIpc) is 2.81. The standard InChI is InChI=1S/C12H25N5O2/c1-11(2)9-13-10-12-14-15-16-17(12)5-4-6-19-8-7-18-3/h11,13H,4-10H2,1-3H3. The summed E-state index contributed by atoms with van der Waals surface area (Å²) in [5.41, 5.74) is 0. The molecule has 0 spiro atoms. The van der Waals surface area contributed by atoms with Crippen LogP contribution in [0.25, 0.3) is 0 Å². The van der Waals surface area contributed by atoms with E-state index in [9.17, 15) is 0 Å². The van der Waals surface area contributed by atoms with Crippen LogP contribution in [0, 0.1) is 5.92 Å². The summed E-state index contributed by atoms with van der Waals surface area (Å²) in [4.78, 5) is 0. The van der Waals surface area contributed by atoms with E-state index in [2.05, 4.69) is 34.7 Å². The zero-order valence-corrected chi connectivity index (χ0v) is 12.1. The Morgan fingerprint density at radius 2 is 2.11 bits per heavy atom. The Bertz CT molecular complexity index is 330. The van der Waals surface area contributed by atoms with Gasteiger partial charge in [0.25, 0.3) is 0 Å². The Balaban J connectivity index is 2.17. The molecule has 0 saturated heterocycles. The van der Waals surface area contributed by atoms with E-state index in [1.807, 2.05) is 4.68 Å². The molecule has 0 unspecified atom stereocenters. The highest BCUT2D eigenvalue weighted by Gasteiger charge is 2.05. The van der Waals surface area contributed by atoms with Crippen molar-refractivity contribution in [2.24, 2.45) is 5.92 Å². The lowest BCUT2D eigenvalue weighted by Crippen LogP contribution is -2.22. The first-order valence-corrected chi connectivity index (χ1v) is 6.76. The van der Waals surface area contributed by atoms with Gasteiger partial charge in [-0.2, -0.15) is 0 Å². The van der Waals surface area contributed by atoms with Crippen molar-refractivity contribution in [1.82, 2.24) is 25.5 Å². The van der Waals surface area contributed by atoms with Gasteiger partial charge >= 0.3 is 0 Å². The molecule has 0 atom stereocenters. The smallest absolute Gasteiger partial charge is 0.165 e. The van der Waals surface area contributed by atoms with Crippen LogP contribution < -0.4 is 5.32 Å². The first-order chi connectivity index (χ1) is 9.24. The minimum absolute atomic E-state index is 0.624. The maximum atomic E-state index is 5.40. The minimum Gasteiger partial charge on any atom is -0.382 e. The average molecular weight is 271 g/mol. The topological polar surface area (TPSA) is 74.1 Å². The highest BCUT2D eigenvalue weighted by Crippen LogP contribution is 1.96. The number of nitrogens with zero attached hydrogens (tertiary/aromatic N) is 4. The summed E-state index contributed by atoms with van der Waals surface area (Å²) in [5.74, 6) is 1.50. The maximum Gasteiger partial charge on any atom is 0.165 e. The Morgan fingerprint density at radius 3 is 2.84 bits per heavy atom. The van der Waals surface area contributed by atoms with Gasteiger partial charge in [-0.05, 0) is 29.3 Å². The molecule has 110 valence electrons. The molecule has 1 heterocycles. The monoisotopic (exact) mass is 271 g/mol. The number of hydrogen-bond acceptors (Lipinski definition) is 6. The Labute approximate surface area is 114 Å². The second kappa shape index (κ2) is 9.82. The van der Waals surface area contributed by atoms with E-state index >= 15 is 0 Å². The molecule has 0 bridgehead atoms. The van der Waals surface area contributed by atoms with Gasteiger partial charge in [-0.25, -0.2) is 4.68 Å². The van der Waals surface area contributed by atoms with E-state index in [0.29, 0.717) is 32.3 Å². The SMILES string of the molecule is COCCOCCCn1nnnc1CNCC(C)C. The van der Waals surface area contributed by atoms with Gasteiger partial charge in [0.15, 0.2) is 5.82 Å². The van der Waals surface area contributed by atoms with E-state index < -0.39 is 0 Å². The van der Waals surface area contributed by atoms with Crippen molar-refractivity contribution >= 4 is 0 Å². The fourth-order valence-corrected chi connectivity index (χ4v) is 1.56. The third-order valence-electron chi connectivity index (χ3n) is 2.53. The van der Waals surface area contributed by atoms with Crippen molar-refractivity contribution in [3.63, 3.8) is 0 Å². The van der Waals surface area contributed by atoms with Gasteiger partial charge in [0, 0.05) is 20.3 Å². The summed E-state index contributed by atoms with van der Waals surface area (Å²) in [7, 11) is 1.67. The fourth-order valence-electron chi connectivity index (χ4n) is 1.56. The molecule has 1 rings (SSSR count). The van der Waals surface area contributed by atoms with Crippen LogP contribution in [0.3, 0.4) is 0 Å². The number of hydrogen-bond donors (Lipinski definition) is 1. The summed E-state index contributed by atoms with van der Waals surface area (Å²) >= 11 is 0. The third-order valence-corrected chi connectivity index (χ3v) is 2.53. The second-order valence-corrected chi connectivity index (χ2v) is 4.80. The summed E-state index contributed by atoms with van der Waals surface area (Å²) < 4.78 is 12.1. The van der Waals surface area contributed by atoms with Gasteiger partial charge in [-0.1, -0.05) is 13.8 Å². The molecular weight excluding hydrogens is 246 g/mol. The fraction of sp³-hybridized carbons (Fsp3) is 0.917. The molecular formula is C12H25N5O2. The molecule has 0 aromatic carbocycles. The van der Waals surface area contributed by atoms with E-state index in [4.69, 9.17) is 9.47 Å². The molecule has 7 nitrogen and oxygen atoms in total. The maximum absolute atomic E-state index is 5.40. The number of ether oxygens (including phenoxy) is 2. The zero-order valence-electron chi connectivity index (χ0n) is 12.1. The van der Waals surface area contributed by atoms with Gasteiger partial charge < -0.3 is 14.8 Å². The molecule has 1 aromatic rings. The lowest BCUT2D eigenvalue weighted by Gasteiger charge is -2.08. The molecule has 0 aliphatic heterocycles. The molecule has 19 heavy (non-hydrogen) atoms. The second-order valence-electron chi connectivity index (χ2n) is 4.80. The van der Waals surface area contributed by atoms with Gasteiger partial charge in [0.2, 0.25) is 0 Å². The number of aryl methyl sites for hydroxylation is 1. The summed E-state index contributed by atoms with van der Waals surface area (Å²) in [5, 5.41) is 15.0. The van der Waals surface area contributed by atoms with Crippen molar-refractivity contribution in [1.29, 1.82) is 0 Å². The number of tetrazole rings is 1. The van der Waals surface area contributed by atoms with E-state index in [0.717, 1.165) is 25.3 Å². The van der Waals surface area contributed by atoms with E-state index in [1.165, 1.54) is 0 Å². The van der Waals surface area contributed by atoms with Crippen LogP contribution in [0.2, 0.25) is 0 Å². The quantitative estimate of drug-likeness (QED) is 0.590. The van der Waals surface area contributed by atoms with E-state index in [1.54, 1.807) is 7.11 Å². The molecule has 1 N–H and O–H groups in total. The van der Waals surface area contributed by atoms with Gasteiger partial charge in [0.05, 0.1) is 19.8 Å². The van der Waals surface area contributed by atoms with Crippen LogP contribution in [-0.4, -0.2) is 53.7 Å². The predicted molar refractivity (Wildman–Crippen MR) is 71.7 cm³/mol. The van der Waals surface area contributed by atoms with Crippen LogP contribution in [0.1, 0.15) is 26.1 Å². The lowest BCUT2D eigenvalue weighted by atomic mass is 10.2.